The van der Waals surface area contributed by atoms with E-state index in [1.807, 2.05) is 0 Å². The fraction of sp³-hybridized carbons (Fsp3) is 0.200. The van der Waals surface area contributed by atoms with E-state index in [4.69, 9.17) is 16.3 Å². The topological polar surface area (TPSA) is 63.6 Å². The van der Waals surface area contributed by atoms with Crippen LogP contribution in [0.1, 0.15) is 11.7 Å². The minimum atomic E-state index is -3.61. The monoisotopic (exact) mass is 326 g/mol. The molecule has 0 aliphatic carbocycles. The predicted molar refractivity (Wildman–Crippen MR) is 81.5 cm³/mol. The van der Waals surface area contributed by atoms with Crippen LogP contribution in [-0.2, 0) is 9.84 Å². The van der Waals surface area contributed by atoms with Gasteiger partial charge in [-0.05, 0) is 35.9 Å². The van der Waals surface area contributed by atoms with E-state index in [1.54, 1.807) is 36.4 Å². The van der Waals surface area contributed by atoms with Gasteiger partial charge in [0.2, 0.25) is 0 Å². The Hall–Kier alpha value is -1.56. The van der Waals surface area contributed by atoms with Gasteiger partial charge >= 0.3 is 0 Å². The van der Waals surface area contributed by atoms with Gasteiger partial charge in [0.15, 0.2) is 9.84 Å². The number of benzene rings is 2. The minimum Gasteiger partial charge on any atom is -0.497 e. The summed E-state index contributed by atoms with van der Waals surface area (Å²) in [7, 11) is -2.07. The Morgan fingerprint density at radius 3 is 2.43 bits per heavy atom. The summed E-state index contributed by atoms with van der Waals surface area (Å²) in [5, 5.41) is 10.4. The number of methoxy groups -OCH3 is 1. The normalized spacial score (nSPS) is 12.9. The molecule has 0 bridgehead atoms. The van der Waals surface area contributed by atoms with Gasteiger partial charge in [0.05, 0.1) is 23.9 Å². The molecular weight excluding hydrogens is 312 g/mol. The Morgan fingerprint density at radius 1 is 1.19 bits per heavy atom. The standard InChI is InChI=1S/C15H15ClO4S/c1-20-13-7-5-11(6-8-13)15(17)10-21(18,19)14-4-2-3-12(16)9-14/h2-9,15,17H,10H2,1H3. The van der Waals surface area contributed by atoms with Crippen LogP contribution < -0.4 is 4.74 Å². The van der Waals surface area contributed by atoms with Crippen LogP contribution in [0.25, 0.3) is 0 Å². The van der Waals surface area contributed by atoms with E-state index >= 15 is 0 Å². The van der Waals surface area contributed by atoms with Crippen molar-refractivity contribution in [3.8, 4) is 5.75 Å². The maximum atomic E-state index is 12.2. The number of hydrogen-bond acceptors (Lipinski definition) is 4. The molecule has 0 radical (unpaired) electrons. The highest BCUT2D eigenvalue weighted by Crippen LogP contribution is 2.23. The van der Waals surface area contributed by atoms with E-state index < -0.39 is 21.7 Å². The SMILES string of the molecule is COc1ccc(C(O)CS(=O)(=O)c2cccc(Cl)c2)cc1. The maximum Gasteiger partial charge on any atom is 0.181 e. The smallest absolute Gasteiger partial charge is 0.181 e. The summed E-state index contributed by atoms with van der Waals surface area (Å²) in [6, 6.07) is 12.6. The predicted octanol–water partition coefficient (Wildman–Crippen LogP) is 2.86. The second-order valence-electron chi connectivity index (χ2n) is 4.53. The molecule has 0 fully saturated rings. The Labute approximate surface area is 128 Å². The van der Waals surface area contributed by atoms with Gasteiger partial charge in [-0.15, -0.1) is 0 Å². The average molecular weight is 327 g/mol. The van der Waals surface area contributed by atoms with Crippen molar-refractivity contribution < 1.29 is 18.3 Å². The van der Waals surface area contributed by atoms with E-state index in [0.717, 1.165) is 0 Å². The van der Waals surface area contributed by atoms with Crippen molar-refractivity contribution in [3.05, 3.63) is 59.1 Å². The highest BCUT2D eigenvalue weighted by Gasteiger charge is 2.21. The highest BCUT2D eigenvalue weighted by atomic mass is 35.5. The first-order valence-corrected chi connectivity index (χ1v) is 8.26. The van der Waals surface area contributed by atoms with Crippen molar-refractivity contribution in [3.63, 3.8) is 0 Å². The minimum absolute atomic E-state index is 0.0996. The van der Waals surface area contributed by atoms with E-state index in [1.165, 1.54) is 19.2 Å². The first-order chi connectivity index (χ1) is 9.92. The van der Waals surface area contributed by atoms with Crippen molar-refractivity contribution in [2.75, 3.05) is 12.9 Å². The van der Waals surface area contributed by atoms with E-state index in [-0.39, 0.29) is 4.90 Å². The lowest BCUT2D eigenvalue weighted by Gasteiger charge is -2.12. The van der Waals surface area contributed by atoms with Crippen LogP contribution in [0.5, 0.6) is 5.75 Å². The number of halogens is 1. The van der Waals surface area contributed by atoms with Gasteiger partial charge in [-0.3, -0.25) is 0 Å². The third kappa shape index (κ3) is 3.97. The molecule has 2 aromatic carbocycles. The zero-order valence-electron chi connectivity index (χ0n) is 11.4. The summed E-state index contributed by atoms with van der Waals surface area (Å²) in [4.78, 5) is 0.0996. The van der Waals surface area contributed by atoms with Gasteiger partial charge in [0, 0.05) is 5.02 Å². The van der Waals surface area contributed by atoms with Gasteiger partial charge in [0.25, 0.3) is 0 Å². The van der Waals surface area contributed by atoms with Crippen LogP contribution in [0.3, 0.4) is 0 Å². The second kappa shape index (κ2) is 6.47. The summed E-state index contributed by atoms with van der Waals surface area (Å²) in [5.74, 6) is 0.239. The van der Waals surface area contributed by atoms with E-state index in [0.29, 0.717) is 16.3 Å². The molecule has 21 heavy (non-hydrogen) atoms. The van der Waals surface area contributed by atoms with Crippen LogP contribution in [0.4, 0.5) is 0 Å². The van der Waals surface area contributed by atoms with Crippen molar-refractivity contribution >= 4 is 21.4 Å². The number of rotatable bonds is 5. The van der Waals surface area contributed by atoms with Crippen LogP contribution in [0, 0.1) is 0 Å². The lowest BCUT2D eigenvalue weighted by molar-refractivity contribution is 0.201. The number of aliphatic hydroxyl groups excluding tert-OH is 1. The first kappa shape index (κ1) is 15.8. The van der Waals surface area contributed by atoms with Crippen LogP contribution in [-0.4, -0.2) is 26.4 Å². The summed E-state index contributed by atoms with van der Waals surface area (Å²) >= 11 is 5.80. The number of aliphatic hydroxyl groups is 1. The summed E-state index contributed by atoms with van der Waals surface area (Å²) in [5.41, 5.74) is 0.515. The molecule has 0 spiro atoms. The molecule has 0 saturated heterocycles. The molecule has 6 heteroatoms. The molecule has 0 amide bonds. The van der Waals surface area contributed by atoms with Crippen molar-refractivity contribution in [2.24, 2.45) is 0 Å². The summed E-state index contributed by atoms with van der Waals surface area (Å²) < 4.78 is 29.5. The Balaban J connectivity index is 2.19. The summed E-state index contributed by atoms with van der Waals surface area (Å²) in [6.07, 6.45) is -1.11. The van der Waals surface area contributed by atoms with Crippen molar-refractivity contribution in [1.29, 1.82) is 0 Å². The first-order valence-electron chi connectivity index (χ1n) is 6.23. The fourth-order valence-electron chi connectivity index (χ4n) is 1.89. The molecule has 0 heterocycles. The Morgan fingerprint density at radius 2 is 1.86 bits per heavy atom. The average Bonchev–Trinajstić information content (AvgIpc) is 2.47. The zero-order valence-corrected chi connectivity index (χ0v) is 12.9. The van der Waals surface area contributed by atoms with Crippen molar-refractivity contribution in [1.82, 2.24) is 0 Å². The second-order valence-corrected chi connectivity index (χ2v) is 7.00. The zero-order chi connectivity index (χ0) is 15.5. The molecule has 2 rings (SSSR count). The lowest BCUT2D eigenvalue weighted by Crippen LogP contribution is -2.14. The number of hydrogen-bond donors (Lipinski definition) is 1. The molecular formula is C15H15ClO4S. The highest BCUT2D eigenvalue weighted by molar-refractivity contribution is 7.91. The van der Waals surface area contributed by atoms with Gasteiger partial charge in [-0.2, -0.15) is 0 Å². The van der Waals surface area contributed by atoms with Gasteiger partial charge < -0.3 is 9.84 Å². The molecule has 112 valence electrons. The quantitative estimate of drug-likeness (QED) is 0.917. The Kier molecular flexibility index (Phi) is 4.88. The van der Waals surface area contributed by atoms with E-state index in [2.05, 4.69) is 0 Å². The Bertz CT molecular complexity index is 711. The molecule has 4 nitrogen and oxygen atoms in total. The lowest BCUT2D eigenvalue weighted by atomic mass is 10.1. The third-order valence-corrected chi connectivity index (χ3v) is 4.99. The van der Waals surface area contributed by atoms with Crippen LogP contribution >= 0.6 is 11.6 Å². The molecule has 0 saturated carbocycles. The fourth-order valence-corrected chi connectivity index (χ4v) is 3.53. The van der Waals surface area contributed by atoms with Crippen LogP contribution in [0.2, 0.25) is 5.02 Å². The molecule has 1 N–H and O–H groups in total. The summed E-state index contributed by atoms with van der Waals surface area (Å²) in [6.45, 7) is 0. The molecule has 2 aromatic rings. The van der Waals surface area contributed by atoms with E-state index in [9.17, 15) is 13.5 Å². The molecule has 1 atom stereocenters. The molecule has 0 aliphatic rings. The maximum absolute atomic E-state index is 12.2. The van der Waals surface area contributed by atoms with Gasteiger partial charge in [-0.1, -0.05) is 29.8 Å². The third-order valence-electron chi connectivity index (χ3n) is 3.03. The largest absolute Gasteiger partial charge is 0.497 e. The van der Waals surface area contributed by atoms with Crippen LogP contribution in [0.15, 0.2) is 53.4 Å². The molecule has 1 unspecified atom stereocenters. The number of sulfone groups is 1. The number of ether oxygens (including phenoxy) is 1. The molecule has 0 aromatic heterocycles. The van der Waals surface area contributed by atoms with Gasteiger partial charge in [-0.25, -0.2) is 8.42 Å². The van der Waals surface area contributed by atoms with Gasteiger partial charge in [0.1, 0.15) is 5.75 Å². The van der Waals surface area contributed by atoms with Crippen molar-refractivity contribution in [2.45, 2.75) is 11.0 Å². The molecule has 0 aliphatic heterocycles.